The summed E-state index contributed by atoms with van der Waals surface area (Å²) >= 11 is 0. The molecule has 334 valence electrons. The summed E-state index contributed by atoms with van der Waals surface area (Å²) < 4.78 is 192. The van der Waals surface area contributed by atoms with E-state index in [4.69, 9.17) is 32.1 Å². The molecular formula is C37H39F9O12S2. The van der Waals surface area contributed by atoms with Gasteiger partial charge in [-0.2, -0.15) is 47.9 Å². The van der Waals surface area contributed by atoms with Gasteiger partial charge in [-0.3, -0.25) is 0 Å². The van der Waals surface area contributed by atoms with E-state index in [0.717, 1.165) is 72.8 Å². The number of rotatable bonds is 11. The molecule has 0 heterocycles. The lowest BCUT2D eigenvalue weighted by molar-refractivity contribution is -0.382. The van der Waals surface area contributed by atoms with Gasteiger partial charge in [-0.1, -0.05) is 18.2 Å². The van der Waals surface area contributed by atoms with Crippen LogP contribution in [0.3, 0.4) is 0 Å². The van der Waals surface area contributed by atoms with Gasteiger partial charge in [0.05, 0.1) is 0 Å². The molecule has 0 radical (unpaired) electrons. The minimum absolute atomic E-state index is 0.581. The van der Waals surface area contributed by atoms with Crippen LogP contribution in [0, 0.1) is 0 Å². The van der Waals surface area contributed by atoms with Crippen molar-refractivity contribution in [2.45, 2.75) is 117 Å². The Morgan fingerprint density at radius 3 is 1.00 bits per heavy atom. The molecule has 0 aromatic heterocycles. The van der Waals surface area contributed by atoms with Gasteiger partial charge in [0.1, 0.15) is 34.1 Å². The average molecular weight is 911 g/mol. The SMILES string of the molecule is CC(C)(C)OC(=O)Oc1cccc(S(OS(=O)(=O)C(F)(F)C(F)(F)C(F)(F)C(F)(F)F)(c2cccc(OC(=O)OC(C)(C)C)c2)c2cccc(OC(=O)OC(C)(C)C)c2)c1. The van der Waals surface area contributed by atoms with E-state index in [1.165, 1.54) is 62.3 Å². The Labute approximate surface area is 339 Å². The molecule has 3 rings (SSSR count). The van der Waals surface area contributed by atoms with Crippen molar-refractivity contribution in [1.82, 2.24) is 0 Å². The predicted octanol–water partition coefficient (Wildman–Crippen LogP) is 11.6. The fourth-order valence-electron chi connectivity index (χ4n) is 4.47. The monoisotopic (exact) mass is 910 g/mol. The van der Waals surface area contributed by atoms with E-state index in [9.17, 15) is 53.5 Å². The van der Waals surface area contributed by atoms with Crippen LogP contribution in [0.4, 0.5) is 53.9 Å². The number of alkyl halides is 9. The number of hydrogen-bond donors (Lipinski definition) is 0. The van der Waals surface area contributed by atoms with Crippen LogP contribution in [-0.2, 0) is 28.0 Å². The van der Waals surface area contributed by atoms with E-state index in [1.807, 2.05) is 0 Å². The minimum atomic E-state index is -7.77. The molecule has 0 unspecified atom stereocenters. The number of benzene rings is 3. The first-order chi connectivity index (χ1) is 26.9. The fourth-order valence-corrected chi connectivity index (χ4v) is 9.75. The van der Waals surface area contributed by atoms with Gasteiger partial charge in [-0.05, 0) is 127 Å². The highest BCUT2D eigenvalue weighted by molar-refractivity contribution is 8.33. The molecule has 0 spiro atoms. The Hall–Kier alpha value is -4.90. The van der Waals surface area contributed by atoms with Crippen molar-refractivity contribution in [1.29, 1.82) is 0 Å². The molecule has 12 nitrogen and oxygen atoms in total. The summed E-state index contributed by atoms with van der Waals surface area (Å²) in [6, 6.07) is 10.9. The van der Waals surface area contributed by atoms with E-state index < -0.39 is 111 Å². The highest BCUT2D eigenvalue weighted by Crippen LogP contribution is 2.72. The van der Waals surface area contributed by atoms with Gasteiger partial charge in [0.2, 0.25) is 0 Å². The minimum Gasteiger partial charge on any atom is -0.428 e. The van der Waals surface area contributed by atoms with Crippen LogP contribution in [0.25, 0.3) is 0 Å². The Morgan fingerprint density at radius 1 is 0.467 bits per heavy atom. The summed E-state index contributed by atoms with van der Waals surface area (Å²) in [5.74, 6) is -17.2. The molecule has 0 fully saturated rings. The summed E-state index contributed by atoms with van der Waals surface area (Å²) in [4.78, 5) is 35.7. The lowest BCUT2D eigenvalue weighted by atomic mass is 10.1. The Balaban J connectivity index is 2.53. The summed E-state index contributed by atoms with van der Waals surface area (Å²) in [6.45, 7) is 13.0. The molecule has 0 N–H and O–H groups in total. The zero-order chi connectivity index (χ0) is 46.1. The van der Waals surface area contributed by atoms with Crippen LogP contribution in [0.5, 0.6) is 17.2 Å². The molecule has 60 heavy (non-hydrogen) atoms. The van der Waals surface area contributed by atoms with Crippen molar-refractivity contribution in [3.8, 4) is 17.2 Å². The molecule has 0 aliphatic carbocycles. The number of hydrogen-bond acceptors (Lipinski definition) is 12. The largest absolute Gasteiger partial charge is 0.514 e. The quantitative estimate of drug-likeness (QED) is 0.0779. The second-order valence-corrected chi connectivity index (χ2v) is 19.9. The highest BCUT2D eigenvalue weighted by atomic mass is 32.3. The van der Waals surface area contributed by atoms with E-state index >= 15 is 8.78 Å². The highest BCUT2D eigenvalue weighted by Gasteiger charge is 2.86. The number of ether oxygens (including phenoxy) is 6. The van der Waals surface area contributed by atoms with Crippen molar-refractivity contribution >= 4 is 38.9 Å². The molecule has 0 saturated carbocycles. The van der Waals surface area contributed by atoms with Gasteiger partial charge in [0.15, 0.2) is 0 Å². The van der Waals surface area contributed by atoms with E-state index in [0.29, 0.717) is 0 Å². The summed E-state index contributed by atoms with van der Waals surface area (Å²) in [7, 11) is -12.7. The molecule has 3 aromatic rings. The van der Waals surface area contributed by atoms with E-state index in [-0.39, 0.29) is 0 Å². The van der Waals surface area contributed by atoms with Crippen molar-refractivity contribution in [2.75, 3.05) is 0 Å². The second kappa shape index (κ2) is 16.9. The molecule has 23 heteroatoms. The van der Waals surface area contributed by atoms with Gasteiger partial charge >= 0.3 is 51.9 Å². The van der Waals surface area contributed by atoms with Crippen LogP contribution >= 0.6 is 10.3 Å². The van der Waals surface area contributed by atoms with E-state index in [1.54, 1.807) is 0 Å². The smallest absolute Gasteiger partial charge is 0.428 e. The molecule has 3 aromatic carbocycles. The molecule has 0 aliphatic heterocycles. The van der Waals surface area contributed by atoms with Crippen molar-refractivity contribution < 1.29 is 94.4 Å². The van der Waals surface area contributed by atoms with Crippen LogP contribution in [0.2, 0.25) is 0 Å². The van der Waals surface area contributed by atoms with Gasteiger partial charge in [-0.15, -0.1) is 0 Å². The molecule has 0 atom stereocenters. The normalized spacial score (nSPS) is 13.8. The van der Waals surface area contributed by atoms with Crippen LogP contribution in [0.1, 0.15) is 62.3 Å². The number of carbonyl (C=O) groups is 3. The summed E-state index contributed by atoms with van der Waals surface area (Å²) in [5.41, 5.74) is -3.50. The third kappa shape index (κ3) is 11.5. The van der Waals surface area contributed by atoms with E-state index in [2.05, 4.69) is 0 Å². The van der Waals surface area contributed by atoms with Crippen molar-refractivity contribution in [3.63, 3.8) is 0 Å². The van der Waals surface area contributed by atoms with Crippen molar-refractivity contribution in [3.05, 3.63) is 72.8 Å². The third-order valence-corrected chi connectivity index (χ3v) is 12.0. The molecular weight excluding hydrogens is 872 g/mol. The molecule has 0 amide bonds. The predicted molar refractivity (Wildman–Crippen MR) is 193 cm³/mol. The van der Waals surface area contributed by atoms with Crippen molar-refractivity contribution in [2.24, 2.45) is 0 Å². The standard InChI is InChI=1S/C37H39F9O12S2/c1-31(2,3)55-28(47)52-22-13-10-16-25(19-22)59(26-17-11-14-23(20-26)53-29(48)56-32(4,5)6,27-18-12-15-24(21-27)54-30(49)57-33(7,8)9)58-60(50,51)37(45,46)35(40,41)34(38,39)36(42,43)44/h10-21H,1-9H3. The van der Waals surface area contributed by atoms with Crippen LogP contribution in [-0.4, -0.2) is 67.0 Å². The van der Waals surface area contributed by atoms with Gasteiger partial charge < -0.3 is 28.4 Å². The first-order valence-corrected chi connectivity index (χ1v) is 19.9. The Bertz CT molecular complexity index is 2000. The molecule has 0 saturated heterocycles. The maximum Gasteiger partial charge on any atom is 0.514 e. The lowest BCUT2D eigenvalue weighted by Crippen LogP contribution is -2.63. The second-order valence-electron chi connectivity index (χ2n) is 15.4. The third-order valence-electron chi connectivity index (χ3n) is 6.81. The van der Waals surface area contributed by atoms with Crippen LogP contribution in [0.15, 0.2) is 87.5 Å². The summed E-state index contributed by atoms with van der Waals surface area (Å²) in [6.07, 6.45) is -11.6. The van der Waals surface area contributed by atoms with Gasteiger partial charge in [0.25, 0.3) is 0 Å². The van der Waals surface area contributed by atoms with Gasteiger partial charge in [-0.25, -0.2) is 18.0 Å². The van der Waals surface area contributed by atoms with Crippen LogP contribution < -0.4 is 14.2 Å². The number of carbonyl (C=O) groups excluding carboxylic acids is 3. The zero-order valence-electron chi connectivity index (χ0n) is 33.0. The fraction of sp³-hybridized carbons (Fsp3) is 0.432. The first-order valence-electron chi connectivity index (χ1n) is 17.0. The number of halogens is 9. The Kier molecular flexibility index (Phi) is 13.9. The zero-order valence-corrected chi connectivity index (χ0v) is 34.7. The molecule has 0 bridgehead atoms. The molecule has 0 aliphatic rings. The lowest BCUT2D eigenvalue weighted by Gasteiger charge is -2.41. The van der Waals surface area contributed by atoms with Gasteiger partial charge in [0, 0.05) is 14.7 Å². The first kappa shape index (κ1) is 49.5. The maximum absolute atomic E-state index is 15.6. The Morgan fingerprint density at radius 2 is 0.750 bits per heavy atom. The topological polar surface area (TPSA) is 150 Å². The average Bonchev–Trinajstić information content (AvgIpc) is 3.04. The maximum atomic E-state index is 15.6. The summed E-state index contributed by atoms with van der Waals surface area (Å²) in [5, 5.41) is -7.39.